The van der Waals surface area contributed by atoms with Gasteiger partial charge in [0.2, 0.25) is 5.88 Å². The fraction of sp³-hybridized carbons (Fsp3) is 0.520. The SMILES string of the molecule is CC.CC.COc1nc(C)c([N+](=O)[O-])cc1-c1ccc(C(C)CNC(=O)OC(C)(C)C)cc1. The van der Waals surface area contributed by atoms with Gasteiger partial charge in [0.1, 0.15) is 11.3 Å². The number of amides is 1. The lowest BCUT2D eigenvalue weighted by atomic mass is 9.97. The van der Waals surface area contributed by atoms with Crippen molar-refractivity contribution in [1.29, 1.82) is 0 Å². The van der Waals surface area contributed by atoms with Crippen LogP contribution in [0.25, 0.3) is 11.1 Å². The number of carbonyl (C=O) groups is 1. The summed E-state index contributed by atoms with van der Waals surface area (Å²) in [5.41, 5.74) is 2.02. The zero-order valence-corrected chi connectivity index (χ0v) is 21.6. The molecule has 2 aromatic rings. The van der Waals surface area contributed by atoms with Crippen LogP contribution >= 0.6 is 0 Å². The summed E-state index contributed by atoms with van der Waals surface area (Å²) in [6.07, 6.45) is -0.455. The first kappa shape index (κ1) is 29.8. The summed E-state index contributed by atoms with van der Waals surface area (Å²) in [6, 6.07) is 9.03. The van der Waals surface area contributed by atoms with Crippen LogP contribution in [0.2, 0.25) is 0 Å². The Morgan fingerprint density at radius 3 is 2.15 bits per heavy atom. The number of benzene rings is 1. The lowest BCUT2D eigenvalue weighted by Gasteiger charge is -2.21. The molecule has 2 rings (SSSR count). The molecule has 8 nitrogen and oxygen atoms in total. The van der Waals surface area contributed by atoms with Gasteiger partial charge in [-0.05, 0) is 44.7 Å². The normalized spacial score (nSPS) is 11.1. The van der Waals surface area contributed by atoms with E-state index in [1.54, 1.807) is 6.92 Å². The van der Waals surface area contributed by atoms with Crippen molar-refractivity contribution in [2.24, 2.45) is 0 Å². The summed E-state index contributed by atoms with van der Waals surface area (Å²) < 4.78 is 10.5. The van der Waals surface area contributed by atoms with Crippen LogP contribution in [0.5, 0.6) is 5.88 Å². The Kier molecular flexibility index (Phi) is 12.7. The highest BCUT2D eigenvalue weighted by Gasteiger charge is 2.20. The van der Waals surface area contributed by atoms with Gasteiger partial charge >= 0.3 is 6.09 Å². The van der Waals surface area contributed by atoms with Crippen molar-refractivity contribution < 1.29 is 19.2 Å². The van der Waals surface area contributed by atoms with Gasteiger partial charge in [0, 0.05) is 12.6 Å². The molecule has 0 bridgehead atoms. The maximum Gasteiger partial charge on any atom is 0.407 e. The second-order valence-electron chi connectivity index (χ2n) is 7.81. The fourth-order valence-corrected chi connectivity index (χ4v) is 2.78. The first-order valence-corrected chi connectivity index (χ1v) is 11.3. The van der Waals surface area contributed by atoms with Gasteiger partial charge in [-0.3, -0.25) is 10.1 Å². The second kappa shape index (κ2) is 14.1. The average Bonchev–Trinajstić information content (AvgIpc) is 2.78. The Labute approximate surface area is 197 Å². The lowest BCUT2D eigenvalue weighted by Crippen LogP contribution is -2.34. The molecule has 1 amide bonds. The molecule has 0 radical (unpaired) electrons. The Bertz CT molecular complexity index is 890. The van der Waals surface area contributed by atoms with E-state index in [9.17, 15) is 14.9 Å². The smallest absolute Gasteiger partial charge is 0.407 e. The van der Waals surface area contributed by atoms with Gasteiger partial charge in [-0.2, -0.15) is 0 Å². The standard InChI is InChI=1S/C21H27N3O5.2C2H6/c1-13(12-22-20(25)29-21(3,4)5)15-7-9-16(10-8-15)17-11-18(24(26)27)14(2)23-19(17)28-6;2*1-2/h7-11,13H,12H2,1-6H3,(H,22,25);2*1-2H3. The fourth-order valence-electron chi connectivity index (χ4n) is 2.78. The number of rotatable bonds is 6. The monoisotopic (exact) mass is 461 g/mol. The molecule has 8 heteroatoms. The summed E-state index contributed by atoms with van der Waals surface area (Å²) in [5.74, 6) is 0.393. The predicted molar refractivity (Wildman–Crippen MR) is 133 cm³/mol. The van der Waals surface area contributed by atoms with Crippen LogP contribution in [0.4, 0.5) is 10.5 Å². The van der Waals surface area contributed by atoms with Gasteiger partial charge in [0.05, 0.1) is 17.6 Å². The Morgan fingerprint density at radius 2 is 1.70 bits per heavy atom. The first-order valence-electron chi connectivity index (χ1n) is 11.3. The Balaban J connectivity index is 0.00000242. The molecule has 0 saturated carbocycles. The zero-order chi connectivity index (χ0) is 25.8. The molecule has 33 heavy (non-hydrogen) atoms. The first-order chi connectivity index (χ1) is 15.5. The van der Waals surface area contributed by atoms with Crippen LogP contribution in [0.3, 0.4) is 0 Å². The van der Waals surface area contributed by atoms with Gasteiger partial charge in [0.25, 0.3) is 5.69 Å². The third-order valence-corrected chi connectivity index (χ3v) is 4.28. The number of methoxy groups -OCH3 is 1. The van der Waals surface area contributed by atoms with E-state index in [0.717, 1.165) is 11.1 Å². The molecule has 1 N–H and O–H groups in total. The molecular weight excluding hydrogens is 422 g/mol. The summed E-state index contributed by atoms with van der Waals surface area (Å²) in [4.78, 5) is 26.8. The minimum Gasteiger partial charge on any atom is -0.481 e. The van der Waals surface area contributed by atoms with Gasteiger partial charge in [-0.25, -0.2) is 9.78 Å². The van der Waals surface area contributed by atoms with Crippen molar-refractivity contribution in [2.45, 2.75) is 73.8 Å². The minimum atomic E-state index is -0.543. The minimum absolute atomic E-state index is 0.0557. The van der Waals surface area contributed by atoms with Crippen molar-refractivity contribution in [1.82, 2.24) is 10.3 Å². The van der Waals surface area contributed by atoms with Crippen LogP contribution in [-0.2, 0) is 4.74 Å². The number of nitro groups is 1. The average molecular weight is 462 g/mol. The summed E-state index contributed by atoms with van der Waals surface area (Å²) >= 11 is 0. The van der Waals surface area contributed by atoms with E-state index < -0.39 is 16.6 Å². The van der Waals surface area contributed by atoms with Gasteiger partial charge in [-0.15, -0.1) is 0 Å². The van der Waals surface area contributed by atoms with Crippen LogP contribution in [0.1, 0.15) is 72.6 Å². The van der Waals surface area contributed by atoms with Crippen LogP contribution < -0.4 is 10.1 Å². The van der Waals surface area contributed by atoms with Gasteiger partial charge < -0.3 is 14.8 Å². The van der Waals surface area contributed by atoms with Crippen LogP contribution in [0, 0.1) is 17.0 Å². The van der Waals surface area contributed by atoms with Crippen molar-refractivity contribution in [3.63, 3.8) is 0 Å². The van der Waals surface area contributed by atoms with E-state index in [4.69, 9.17) is 9.47 Å². The number of pyridine rings is 1. The van der Waals surface area contributed by atoms with Crippen LogP contribution in [0.15, 0.2) is 30.3 Å². The van der Waals surface area contributed by atoms with Crippen molar-refractivity contribution in [2.75, 3.05) is 13.7 Å². The van der Waals surface area contributed by atoms with E-state index in [1.165, 1.54) is 13.2 Å². The molecule has 0 aliphatic carbocycles. The molecule has 1 aromatic carbocycles. The van der Waals surface area contributed by atoms with E-state index >= 15 is 0 Å². The molecule has 0 saturated heterocycles. The molecule has 0 aliphatic rings. The number of nitrogens with one attached hydrogen (secondary N) is 1. The van der Waals surface area contributed by atoms with Crippen LogP contribution in [-0.4, -0.2) is 35.3 Å². The van der Waals surface area contributed by atoms with Gasteiger partial charge in [-0.1, -0.05) is 58.9 Å². The highest BCUT2D eigenvalue weighted by molar-refractivity contribution is 5.72. The Morgan fingerprint density at radius 1 is 1.15 bits per heavy atom. The molecule has 1 aromatic heterocycles. The quantitative estimate of drug-likeness (QED) is 0.381. The maximum absolute atomic E-state index is 11.8. The number of hydrogen-bond donors (Lipinski definition) is 1. The second-order valence-corrected chi connectivity index (χ2v) is 7.81. The highest BCUT2D eigenvalue weighted by Crippen LogP contribution is 2.33. The molecule has 1 heterocycles. The van der Waals surface area contributed by atoms with E-state index in [2.05, 4.69) is 10.3 Å². The Hall–Kier alpha value is -3.16. The molecule has 0 aliphatic heterocycles. The number of aromatic nitrogens is 1. The maximum atomic E-state index is 11.8. The number of aryl methyl sites for hydroxylation is 1. The largest absolute Gasteiger partial charge is 0.481 e. The van der Waals surface area contributed by atoms with E-state index in [0.29, 0.717) is 23.7 Å². The molecular formula is C25H39N3O5. The van der Waals surface area contributed by atoms with Crippen molar-refractivity contribution >= 4 is 11.8 Å². The topological polar surface area (TPSA) is 104 Å². The van der Waals surface area contributed by atoms with Gasteiger partial charge in [0.15, 0.2) is 0 Å². The molecule has 0 fully saturated rings. The van der Waals surface area contributed by atoms with Crippen molar-refractivity contribution in [3.05, 3.63) is 51.7 Å². The van der Waals surface area contributed by atoms with E-state index in [1.807, 2.05) is 79.7 Å². The number of hydrogen-bond acceptors (Lipinski definition) is 6. The van der Waals surface area contributed by atoms with E-state index in [-0.39, 0.29) is 11.6 Å². The van der Waals surface area contributed by atoms with Crippen molar-refractivity contribution in [3.8, 4) is 17.0 Å². The molecule has 1 unspecified atom stereocenters. The predicted octanol–water partition coefficient (Wildman–Crippen LogP) is 6.65. The summed E-state index contributed by atoms with van der Waals surface area (Å²) in [7, 11) is 1.48. The third kappa shape index (κ3) is 9.47. The summed E-state index contributed by atoms with van der Waals surface area (Å²) in [5, 5.41) is 14.0. The summed E-state index contributed by atoms with van der Waals surface area (Å²) in [6.45, 7) is 17.4. The number of nitrogens with zero attached hydrogens (tertiary/aromatic N) is 2. The highest BCUT2D eigenvalue weighted by atomic mass is 16.6. The number of alkyl carbamates (subject to hydrolysis) is 1. The molecule has 1 atom stereocenters. The molecule has 184 valence electrons. The third-order valence-electron chi connectivity index (χ3n) is 4.28. The number of ether oxygens (including phenoxy) is 2. The lowest BCUT2D eigenvalue weighted by molar-refractivity contribution is -0.385. The number of carbonyl (C=O) groups excluding carboxylic acids is 1. The zero-order valence-electron chi connectivity index (χ0n) is 21.6. The molecule has 0 spiro atoms.